The second-order valence-corrected chi connectivity index (χ2v) is 6.86. The Morgan fingerprint density at radius 3 is 2.24 bits per heavy atom. The van der Waals surface area contributed by atoms with E-state index in [2.05, 4.69) is 10.0 Å². The van der Waals surface area contributed by atoms with E-state index in [0.717, 1.165) is 0 Å². The molecule has 2 N–H and O–H groups in total. The van der Waals surface area contributed by atoms with Gasteiger partial charge >= 0.3 is 0 Å². The minimum absolute atomic E-state index is 0.170. The Bertz CT molecular complexity index is 567. The van der Waals surface area contributed by atoms with Crippen molar-refractivity contribution in [3.8, 4) is 5.75 Å². The summed E-state index contributed by atoms with van der Waals surface area (Å²) < 4.78 is 32.0. The quantitative estimate of drug-likeness (QED) is 0.790. The van der Waals surface area contributed by atoms with Crippen LogP contribution in [0.1, 0.15) is 20.8 Å². The number of hydrogen-bond donors (Lipinski definition) is 2. The van der Waals surface area contributed by atoms with Gasteiger partial charge in [-0.1, -0.05) is 13.8 Å². The molecule has 0 aliphatic carbocycles. The third kappa shape index (κ3) is 5.35. The number of rotatable bonds is 7. The second-order valence-electron chi connectivity index (χ2n) is 5.09. The molecule has 0 bridgehead atoms. The Labute approximate surface area is 125 Å². The molecule has 0 spiro atoms. The molecule has 1 aromatic carbocycles. The number of ether oxygens (including phenoxy) is 1. The predicted molar refractivity (Wildman–Crippen MR) is 80.6 cm³/mol. The normalized spacial score (nSPS) is 13.0. The highest BCUT2D eigenvalue weighted by Gasteiger charge is 2.16. The molecule has 1 rings (SSSR count). The number of sulfonamides is 1. The highest BCUT2D eigenvalue weighted by atomic mass is 32.2. The Morgan fingerprint density at radius 2 is 1.76 bits per heavy atom. The first-order valence-corrected chi connectivity index (χ1v) is 8.22. The summed E-state index contributed by atoms with van der Waals surface area (Å²) in [6, 6.07) is 5.97. The molecule has 0 aromatic heterocycles. The van der Waals surface area contributed by atoms with Crippen molar-refractivity contribution in [3.63, 3.8) is 0 Å². The van der Waals surface area contributed by atoms with Crippen molar-refractivity contribution in [3.05, 3.63) is 24.3 Å². The number of carbonyl (C=O) groups excluding carboxylic acids is 1. The average molecular weight is 314 g/mol. The van der Waals surface area contributed by atoms with Crippen LogP contribution in [0.2, 0.25) is 0 Å². The number of amides is 1. The summed E-state index contributed by atoms with van der Waals surface area (Å²) in [4.78, 5) is 11.5. The van der Waals surface area contributed by atoms with Crippen molar-refractivity contribution in [2.24, 2.45) is 5.92 Å². The molecule has 0 radical (unpaired) electrons. The smallest absolute Gasteiger partial charge is 0.260 e. The van der Waals surface area contributed by atoms with Gasteiger partial charge in [0.15, 0.2) is 6.10 Å². The number of likely N-dealkylation sites (N-methyl/N-ethyl adjacent to an activating group) is 1. The summed E-state index contributed by atoms with van der Waals surface area (Å²) in [5, 5.41) is 2.48. The molecular weight excluding hydrogens is 292 g/mol. The van der Waals surface area contributed by atoms with Gasteiger partial charge in [0.05, 0.1) is 4.90 Å². The van der Waals surface area contributed by atoms with Gasteiger partial charge in [-0.25, -0.2) is 13.1 Å². The summed E-state index contributed by atoms with van der Waals surface area (Å²) >= 11 is 0. The molecule has 1 amide bonds. The van der Waals surface area contributed by atoms with Gasteiger partial charge in [0.2, 0.25) is 10.0 Å². The molecule has 0 aliphatic heterocycles. The average Bonchev–Trinajstić information content (AvgIpc) is 2.45. The van der Waals surface area contributed by atoms with Gasteiger partial charge in [-0.15, -0.1) is 0 Å². The van der Waals surface area contributed by atoms with Crippen LogP contribution in [0.15, 0.2) is 29.2 Å². The van der Waals surface area contributed by atoms with Crippen molar-refractivity contribution in [1.29, 1.82) is 0 Å². The molecule has 0 heterocycles. The third-order valence-electron chi connectivity index (χ3n) is 2.74. The van der Waals surface area contributed by atoms with Crippen molar-refractivity contribution in [2.45, 2.75) is 31.8 Å². The van der Waals surface area contributed by atoms with E-state index < -0.39 is 16.1 Å². The lowest BCUT2D eigenvalue weighted by atomic mass is 10.2. The van der Waals surface area contributed by atoms with Crippen LogP contribution in [0.25, 0.3) is 0 Å². The lowest BCUT2D eigenvalue weighted by molar-refractivity contribution is -0.126. The largest absolute Gasteiger partial charge is 0.481 e. The molecule has 0 saturated heterocycles. The van der Waals surface area contributed by atoms with E-state index in [1.807, 2.05) is 13.8 Å². The molecular formula is C14H22N2O4S. The van der Waals surface area contributed by atoms with Crippen molar-refractivity contribution in [2.75, 3.05) is 13.6 Å². The maximum Gasteiger partial charge on any atom is 0.260 e. The summed E-state index contributed by atoms with van der Waals surface area (Å²) in [6.07, 6.45) is -0.642. The molecule has 0 unspecified atom stereocenters. The first kappa shape index (κ1) is 17.5. The molecule has 0 saturated carbocycles. The molecule has 1 atom stereocenters. The van der Waals surface area contributed by atoms with Gasteiger partial charge in [0.25, 0.3) is 5.91 Å². The lowest BCUT2D eigenvalue weighted by Gasteiger charge is -2.13. The standard InChI is InChI=1S/C14H22N2O4S/c1-10(2)9-16-21(18,19)13-7-5-12(6-8-13)20-11(3)14(17)15-4/h5-8,10-11,16H,9H2,1-4H3,(H,15,17)/t11-/m0/s1. The van der Waals surface area contributed by atoms with Crippen LogP contribution in [-0.2, 0) is 14.8 Å². The van der Waals surface area contributed by atoms with E-state index in [0.29, 0.717) is 12.3 Å². The number of hydrogen-bond acceptors (Lipinski definition) is 4. The van der Waals surface area contributed by atoms with E-state index in [4.69, 9.17) is 4.74 Å². The van der Waals surface area contributed by atoms with Crippen LogP contribution in [0.5, 0.6) is 5.75 Å². The van der Waals surface area contributed by atoms with Gasteiger partial charge in [0.1, 0.15) is 5.75 Å². The maximum absolute atomic E-state index is 12.0. The van der Waals surface area contributed by atoms with Gasteiger partial charge in [-0.05, 0) is 37.1 Å². The second kappa shape index (κ2) is 7.42. The minimum atomic E-state index is -3.51. The van der Waals surface area contributed by atoms with Crippen LogP contribution in [0.4, 0.5) is 0 Å². The first-order chi connectivity index (χ1) is 9.76. The number of benzene rings is 1. The maximum atomic E-state index is 12.0. The fourth-order valence-corrected chi connectivity index (χ4v) is 2.73. The molecule has 118 valence electrons. The van der Waals surface area contributed by atoms with Crippen LogP contribution < -0.4 is 14.8 Å². The molecule has 21 heavy (non-hydrogen) atoms. The van der Waals surface area contributed by atoms with Gasteiger partial charge in [0, 0.05) is 13.6 Å². The first-order valence-electron chi connectivity index (χ1n) is 6.74. The Hall–Kier alpha value is -1.60. The van der Waals surface area contributed by atoms with Gasteiger partial charge in [-0.2, -0.15) is 0 Å². The SMILES string of the molecule is CNC(=O)[C@H](C)Oc1ccc(S(=O)(=O)NCC(C)C)cc1. The molecule has 0 fully saturated rings. The summed E-state index contributed by atoms with van der Waals surface area (Å²) in [5.74, 6) is 0.426. The zero-order chi connectivity index (χ0) is 16.0. The van der Waals surface area contributed by atoms with Crippen molar-refractivity contribution >= 4 is 15.9 Å². The fourth-order valence-electron chi connectivity index (χ4n) is 1.52. The Morgan fingerprint density at radius 1 is 1.19 bits per heavy atom. The molecule has 1 aromatic rings. The van der Waals surface area contributed by atoms with Crippen LogP contribution in [0, 0.1) is 5.92 Å². The fraction of sp³-hybridized carbons (Fsp3) is 0.500. The van der Waals surface area contributed by atoms with Gasteiger partial charge in [-0.3, -0.25) is 4.79 Å². The summed E-state index contributed by atoms with van der Waals surface area (Å²) in [5.41, 5.74) is 0. The van der Waals surface area contributed by atoms with Crippen molar-refractivity contribution < 1.29 is 17.9 Å². The van der Waals surface area contributed by atoms with E-state index in [1.54, 1.807) is 6.92 Å². The summed E-state index contributed by atoms with van der Waals surface area (Å²) in [7, 11) is -1.98. The minimum Gasteiger partial charge on any atom is -0.481 e. The van der Waals surface area contributed by atoms with E-state index in [-0.39, 0.29) is 16.7 Å². The number of nitrogens with one attached hydrogen (secondary N) is 2. The number of carbonyl (C=O) groups is 1. The van der Waals surface area contributed by atoms with E-state index in [9.17, 15) is 13.2 Å². The lowest BCUT2D eigenvalue weighted by Crippen LogP contribution is -2.33. The summed E-state index contributed by atoms with van der Waals surface area (Å²) in [6.45, 7) is 5.86. The third-order valence-corrected chi connectivity index (χ3v) is 4.18. The monoisotopic (exact) mass is 314 g/mol. The van der Waals surface area contributed by atoms with E-state index in [1.165, 1.54) is 31.3 Å². The molecule has 0 aliphatic rings. The van der Waals surface area contributed by atoms with Crippen LogP contribution in [0.3, 0.4) is 0 Å². The predicted octanol–water partition coefficient (Wildman–Crippen LogP) is 1.13. The Balaban J connectivity index is 2.76. The highest BCUT2D eigenvalue weighted by Crippen LogP contribution is 2.17. The molecule has 6 nitrogen and oxygen atoms in total. The topological polar surface area (TPSA) is 84.5 Å². The van der Waals surface area contributed by atoms with Crippen molar-refractivity contribution in [1.82, 2.24) is 10.0 Å². The zero-order valence-corrected chi connectivity index (χ0v) is 13.5. The van der Waals surface area contributed by atoms with Crippen LogP contribution in [-0.4, -0.2) is 34.0 Å². The Kier molecular flexibility index (Phi) is 6.17. The van der Waals surface area contributed by atoms with E-state index >= 15 is 0 Å². The molecule has 7 heteroatoms. The van der Waals surface area contributed by atoms with Crippen LogP contribution >= 0.6 is 0 Å². The zero-order valence-electron chi connectivity index (χ0n) is 12.7. The van der Waals surface area contributed by atoms with Gasteiger partial charge < -0.3 is 10.1 Å². The highest BCUT2D eigenvalue weighted by molar-refractivity contribution is 7.89.